The van der Waals surface area contributed by atoms with Crippen LogP contribution in [0.1, 0.15) is 21.6 Å². The summed E-state index contributed by atoms with van der Waals surface area (Å²) in [6, 6.07) is 21.2. The number of aromatic nitrogens is 3. The van der Waals surface area contributed by atoms with E-state index in [-0.39, 0.29) is 5.69 Å². The zero-order chi connectivity index (χ0) is 22.7. The molecule has 9 nitrogen and oxygen atoms in total. The Morgan fingerprint density at radius 3 is 2.41 bits per heavy atom. The van der Waals surface area contributed by atoms with Gasteiger partial charge in [-0.2, -0.15) is 9.78 Å². The van der Waals surface area contributed by atoms with E-state index in [0.717, 1.165) is 16.7 Å². The Balaban J connectivity index is 1.78. The highest BCUT2D eigenvalue weighted by Gasteiger charge is 2.20. The zero-order valence-corrected chi connectivity index (χ0v) is 17.5. The van der Waals surface area contributed by atoms with Crippen LogP contribution in [0.4, 0.5) is 11.5 Å². The molecule has 162 valence electrons. The molecule has 0 aliphatic rings. The molecule has 0 aliphatic heterocycles. The molecule has 2 heterocycles. The van der Waals surface area contributed by atoms with Crippen molar-refractivity contribution in [1.29, 1.82) is 0 Å². The third-order valence-corrected chi connectivity index (χ3v) is 5.19. The number of carboxylic acids is 1. The van der Waals surface area contributed by atoms with Gasteiger partial charge < -0.3 is 10.8 Å². The molecule has 0 saturated heterocycles. The number of carboxylic acid groups (broad SMARTS) is 1. The van der Waals surface area contributed by atoms with Crippen molar-refractivity contribution in [2.45, 2.75) is 6.42 Å². The van der Waals surface area contributed by atoms with Gasteiger partial charge in [0.25, 0.3) is 11.3 Å². The summed E-state index contributed by atoms with van der Waals surface area (Å²) in [6.07, 6.45) is 0.442. The molecular formula is C22H19N5O4S. The van der Waals surface area contributed by atoms with Crippen LogP contribution in [0.15, 0.2) is 72.8 Å². The summed E-state index contributed by atoms with van der Waals surface area (Å²) in [5, 5.41) is 13.9. The maximum Gasteiger partial charge on any atom is 0.354 e. The van der Waals surface area contributed by atoms with E-state index in [1.54, 1.807) is 24.3 Å². The van der Waals surface area contributed by atoms with Gasteiger partial charge in [0, 0.05) is 23.2 Å². The molecule has 0 radical (unpaired) electrons. The summed E-state index contributed by atoms with van der Waals surface area (Å²) in [7, 11) is 0. The van der Waals surface area contributed by atoms with Crippen molar-refractivity contribution >= 4 is 28.7 Å². The molecule has 10 heteroatoms. The van der Waals surface area contributed by atoms with Crippen LogP contribution in [0.2, 0.25) is 0 Å². The van der Waals surface area contributed by atoms with Crippen molar-refractivity contribution in [2.24, 2.45) is 0 Å². The molecule has 1 unspecified atom stereocenters. The lowest BCUT2D eigenvalue weighted by molar-refractivity contribution is 0.0690. The molecule has 2 aromatic carbocycles. The van der Waals surface area contributed by atoms with Gasteiger partial charge in [0.15, 0.2) is 11.5 Å². The molecule has 0 saturated carbocycles. The summed E-state index contributed by atoms with van der Waals surface area (Å²) in [5.41, 5.74) is 10.1. The smallest absolute Gasteiger partial charge is 0.354 e. The lowest BCUT2D eigenvalue weighted by atomic mass is 10.0. The van der Waals surface area contributed by atoms with Crippen LogP contribution in [0.5, 0.6) is 0 Å². The van der Waals surface area contributed by atoms with Crippen LogP contribution in [-0.4, -0.2) is 34.6 Å². The van der Waals surface area contributed by atoms with E-state index >= 15 is 0 Å². The lowest BCUT2D eigenvalue weighted by Crippen LogP contribution is -2.08. The van der Waals surface area contributed by atoms with E-state index in [0.29, 0.717) is 29.4 Å². The topological polar surface area (TPSA) is 143 Å². The van der Waals surface area contributed by atoms with Crippen LogP contribution >= 0.6 is 0 Å². The average molecular weight is 449 g/mol. The Kier molecular flexibility index (Phi) is 5.97. The molecule has 0 bridgehead atoms. The molecule has 5 N–H and O–H groups in total. The number of anilines is 2. The third kappa shape index (κ3) is 4.51. The quantitative estimate of drug-likeness (QED) is 0.317. The molecule has 0 amide bonds. The number of carbonyl (C=O) groups is 1. The summed E-state index contributed by atoms with van der Waals surface area (Å²) < 4.78 is 23.7. The first-order valence-electron chi connectivity index (χ1n) is 9.52. The molecule has 0 spiro atoms. The van der Waals surface area contributed by atoms with Crippen molar-refractivity contribution in [3.63, 3.8) is 0 Å². The molecular weight excluding hydrogens is 430 g/mol. The van der Waals surface area contributed by atoms with Crippen LogP contribution in [0, 0.1) is 0 Å². The van der Waals surface area contributed by atoms with Gasteiger partial charge in [-0.05, 0) is 29.8 Å². The van der Waals surface area contributed by atoms with E-state index in [1.165, 1.54) is 10.7 Å². The number of nitrogen functional groups attached to an aromatic ring is 1. The highest BCUT2D eigenvalue weighted by Crippen LogP contribution is 2.31. The van der Waals surface area contributed by atoms with E-state index in [2.05, 4.69) is 14.8 Å². The van der Waals surface area contributed by atoms with Crippen LogP contribution in [0.3, 0.4) is 0 Å². The molecule has 4 rings (SSSR count). The Hall–Kier alpha value is -4.02. The first kappa shape index (κ1) is 21.2. The fourth-order valence-corrected chi connectivity index (χ4v) is 3.63. The largest absolute Gasteiger partial charge is 0.477 e. The van der Waals surface area contributed by atoms with E-state index in [9.17, 15) is 14.1 Å². The normalized spacial score (nSPS) is 11.8. The second-order valence-electron chi connectivity index (χ2n) is 6.90. The van der Waals surface area contributed by atoms with Crippen LogP contribution < -0.4 is 10.5 Å². The number of pyridine rings is 1. The summed E-state index contributed by atoms with van der Waals surface area (Å²) in [5.74, 6) is -0.494. The fraction of sp³-hybridized carbons (Fsp3) is 0.0455. The summed E-state index contributed by atoms with van der Waals surface area (Å²) >= 11 is -2.15. The van der Waals surface area contributed by atoms with Gasteiger partial charge in [-0.3, -0.25) is 9.27 Å². The number of nitrogens with zero attached hydrogens (tertiary/aromatic N) is 3. The Bertz CT molecular complexity index is 1290. The minimum atomic E-state index is -2.15. The van der Waals surface area contributed by atoms with Crippen molar-refractivity contribution < 1.29 is 18.7 Å². The van der Waals surface area contributed by atoms with Crippen LogP contribution in [0.25, 0.3) is 17.1 Å². The summed E-state index contributed by atoms with van der Waals surface area (Å²) in [6.45, 7) is 0. The first-order chi connectivity index (χ1) is 15.4. The maximum atomic E-state index is 11.3. The Morgan fingerprint density at radius 2 is 1.75 bits per heavy atom. The monoisotopic (exact) mass is 449 g/mol. The number of hydrogen-bond donors (Lipinski definition) is 4. The van der Waals surface area contributed by atoms with Gasteiger partial charge in [-0.15, -0.1) is 0 Å². The zero-order valence-electron chi connectivity index (χ0n) is 16.7. The molecule has 0 aliphatic carbocycles. The predicted octanol–water partition coefficient (Wildman–Crippen LogP) is 3.35. The molecule has 32 heavy (non-hydrogen) atoms. The minimum Gasteiger partial charge on any atom is -0.477 e. The van der Waals surface area contributed by atoms with Gasteiger partial charge in [0.2, 0.25) is 0 Å². The van der Waals surface area contributed by atoms with Gasteiger partial charge in [0.1, 0.15) is 5.82 Å². The third-order valence-electron chi connectivity index (χ3n) is 4.78. The lowest BCUT2D eigenvalue weighted by Gasteiger charge is -2.07. The number of nitrogens with two attached hydrogens (primary N) is 1. The highest BCUT2D eigenvalue weighted by atomic mass is 32.2. The van der Waals surface area contributed by atoms with Gasteiger partial charge in [0.05, 0.1) is 5.69 Å². The molecule has 2 aromatic heterocycles. The summed E-state index contributed by atoms with van der Waals surface area (Å²) in [4.78, 5) is 15.5. The van der Waals surface area contributed by atoms with Crippen molar-refractivity contribution in [1.82, 2.24) is 14.8 Å². The number of rotatable bonds is 7. The Morgan fingerprint density at radius 1 is 1.03 bits per heavy atom. The second kappa shape index (κ2) is 9.00. The number of benzene rings is 2. The molecule has 1 atom stereocenters. The average Bonchev–Trinajstić information content (AvgIpc) is 3.11. The number of aromatic carboxylic acids is 1. The second-order valence-corrected chi connectivity index (χ2v) is 7.60. The van der Waals surface area contributed by atoms with Gasteiger partial charge in [-0.1, -0.05) is 48.5 Å². The first-order valence-corrected chi connectivity index (χ1v) is 10.6. The maximum absolute atomic E-state index is 11.3. The highest BCUT2D eigenvalue weighted by molar-refractivity contribution is 7.80. The number of hydrogen-bond acceptors (Lipinski definition) is 5. The SMILES string of the molecule is Nc1c(Cc2ccc(NS(=O)O)cc2)c(-c2ccccc2)nn1-c1cccc(C(=O)O)n1. The number of nitrogens with one attached hydrogen (secondary N) is 1. The Labute approximate surface area is 186 Å². The van der Waals surface area contributed by atoms with E-state index in [1.807, 2.05) is 42.5 Å². The van der Waals surface area contributed by atoms with Crippen molar-refractivity contribution in [3.8, 4) is 17.1 Å². The predicted molar refractivity (Wildman–Crippen MR) is 122 cm³/mol. The fourth-order valence-electron chi connectivity index (χ4n) is 3.30. The van der Waals surface area contributed by atoms with Crippen molar-refractivity contribution in [3.05, 3.63) is 89.6 Å². The van der Waals surface area contributed by atoms with E-state index < -0.39 is 17.2 Å². The minimum absolute atomic E-state index is 0.107. The van der Waals surface area contributed by atoms with Gasteiger partial charge in [-0.25, -0.2) is 14.0 Å². The molecule has 0 fully saturated rings. The standard InChI is InChI=1S/C22H19N5O4S/c23-21-17(13-14-9-11-16(12-10-14)26-32(30)31)20(15-5-2-1-3-6-15)25-27(21)19-8-4-7-18(24-19)22(28)29/h1-12,26H,13,23H2,(H,28,29)(H,30,31). The van der Waals surface area contributed by atoms with Crippen molar-refractivity contribution in [2.75, 3.05) is 10.5 Å². The van der Waals surface area contributed by atoms with E-state index in [4.69, 9.17) is 10.3 Å². The van der Waals surface area contributed by atoms with Gasteiger partial charge >= 0.3 is 5.97 Å². The van der Waals surface area contributed by atoms with Crippen LogP contribution in [-0.2, 0) is 17.7 Å². The molecule has 4 aromatic rings.